The summed E-state index contributed by atoms with van der Waals surface area (Å²) in [6.45, 7) is 0.174. The second-order valence-corrected chi connectivity index (χ2v) is 5.63. The highest BCUT2D eigenvalue weighted by Crippen LogP contribution is 2.23. The Morgan fingerprint density at radius 3 is 2.83 bits per heavy atom. The molecule has 5 nitrogen and oxygen atoms in total. The Morgan fingerprint density at radius 2 is 2.12 bits per heavy atom. The number of fused-ring (bicyclic) bond motifs is 1. The molecule has 3 aromatic rings. The largest absolute Gasteiger partial charge is 0.497 e. The van der Waals surface area contributed by atoms with E-state index in [0.29, 0.717) is 16.3 Å². The fourth-order valence-electron chi connectivity index (χ4n) is 2.48. The van der Waals surface area contributed by atoms with Gasteiger partial charge in [0.2, 0.25) is 5.91 Å². The van der Waals surface area contributed by atoms with E-state index in [1.165, 1.54) is 0 Å². The van der Waals surface area contributed by atoms with Crippen LogP contribution < -0.4 is 10.1 Å². The predicted octanol–water partition coefficient (Wildman–Crippen LogP) is 3.81. The van der Waals surface area contributed by atoms with Gasteiger partial charge < -0.3 is 14.6 Å². The number of aromatic nitrogens is 1. The number of amides is 1. The van der Waals surface area contributed by atoms with Gasteiger partial charge in [0, 0.05) is 22.8 Å². The Morgan fingerprint density at radius 1 is 1.29 bits per heavy atom. The van der Waals surface area contributed by atoms with Gasteiger partial charge in [-0.25, -0.2) is 0 Å². The molecule has 24 heavy (non-hydrogen) atoms. The maximum absolute atomic E-state index is 12.2. The number of methoxy groups -OCH3 is 1. The van der Waals surface area contributed by atoms with Gasteiger partial charge >= 0.3 is 0 Å². The molecule has 0 aliphatic carbocycles. The van der Waals surface area contributed by atoms with Crippen LogP contribution in [0.5, 0.6) is 5.75 Å². The highest BCUT2D eigenvalue weighted by Gasteiger charge is 2.09. The van der Waals surface area contributed by atoms with E-state index in [9.17, 15) is 4.79 Å². The molecule has 1 aromatic heterocycles. The van der Waals surface area contributed by atoms with Crippen LogP contribution in [0.4, 0.5) is 5.69 Å². The highest BCUT2D eigenvalue weighted by atomic mass is 35.5. The summed E-state index contributed by atoms with van der Waals surface area (Å²) in [6.07, 6.45) is 1.86. The molecule has 1 amide bonds. The van der Waals surface area contributed by atoms with Crippen molar-refractivity contribution < 1.29 is 9.53 Å². The lowest BCUT2D eigenvalue weighted by Gasteiger charge is -2.08. The summed E-state index contributed by atoms with van der Waals surface area (Å²) in [5.74, 6) is 0.598. The Bertz CT molecular complexity index is 957. The van der Waals surface area contributed by atoms with Gasteiger partial charge in [0.15, 0.2) is 0 Å². The molecule has 0 radical (unpaired) electrons. The lowest BCUT2D eigenvalue weighted by molar-refractivity contribution is -0.116. The molecule has 6 heteroatoms. The smallest absolute Gasteiger partial charge is 0.244 e. The van der Waals surface area contributed by atoms with Gasteiger partial charge in [-0.1, -0.05) is 11.6 Å². The normalized spacial score (nSPS) is 10.4. The van der Waals surface area contributed by atoms with Gasteiger partial charge in [-0.15, -0.1) is 0 Å². The summed E-state index contributed by atoms with van der Waals surface area (Å²) in [5.41, 5.74) is 1.88. The van der Waals surface area contributed by atoms with Crippen LogP contribution in [0, 0.1) is 11.3 Å². The van der Waals surface area contributed by atoms with Gasteiger partial charge in [-0.3, -0.25) is 4.79 Å². The number of hydrogen-bond donors (Lipinski definition) is 1. The first-order valence-corrected chi connectivity index (χ1v) is 7.61. The molecule has 1 heterocycles. The van der Waals surface area contributed by atoms with Crippen molar-refractivity contribution in [3.8, 4) is 11.8 Å². The van der Waals surface area contributed by atoms with Crippen molar-refractivity contribution in [2.24, 2.45) is 0 Å². The van der Waals surface area contributed by atoms with Crippen LogP contribution in [0.15, 0.2) is 48.7 Å². The van der Waals surface area contributed by atoms with Crippen molar-refractivity contribution in [3.63, 3.8) is 0 Å². The molecule has 0 aliphatic heterocycles. The molecule has 0 atom stereocenters. The van der Waals surface area contributed by atoms with Crippen molar-refractivity contribution >= 4 is 34.1 Å². The molecule has 2 aromatic carbocycles. The first-order chi connectivity index (χ1) is 11.6. The quantitative estimate of drug-likeness (QED) is 0.785. The molecular formula is C18H14ClN3O2. The minimum atomic E-state index is -0.177. The number of hydrogen-bond acceptors (Lipinski definition) is 3. The molecule has 3 rings (SSSR count). The molecule has 1 N–H and O–H groups in total. The topological polar surface area (TPSA) is 67.0 Å². The third-order valence-electron chi connectivity index (χ3n) is 3.67. The molecular weight excluding hydrogens is 326 g/mol. The minimum Gasteiger partial charge on any atom is -0.497 e. The minimum absolute atomic E-state index is 0.174. The third-order valence-corrected chi connectivity index (χ3v) is 3.98. The van der Waals surface area contributed by atoms with Crippen LogP contribution in [-0.4, -0.2) is 17.6 Å². The van der Waals surface area contributed by atoms with Crippen LogP contribution in [0.1, 0.15) is 5.56 Å². The maximum atomic E-state index is 12.2. The highest BCUT2D eigenvalue weighted by molar-refractivity contribution is 6.32. The maximum Gasteiger partial charge on any atom is 0.244 e. The monoisotopic (exact) mass is 339 g/mol. The first-order valence-electron chi connectivity index (χ1n) is 7.23. The van der Waals surface area contributed by atoms with E-state index in [-0.39, 0.29) is 12.5 Å². The molecule has 0 unspecified atom stereocenters. The fraction of sp³-hybridized carbons (Fsp3) is 0.111. The predicted molar refractivity (Wildman–Crippen MR) is 93.3 cm³/mol. The Hall–Kier alpha value is -2.97. The Kier molecular flexibility index (Phi) is 4.41. The molecule has 120 valence electrons. The number of ether oxygens (including phenoxy) is 1. The van der Waals surface area contributed by atoms with Crippen molar-refractivity contribution in [1.82, 2.24) is 4.57 Å². The lowest BCUT2D eigenvalue weighted by atomic mass is 10.2. The van der Waals surface area contributed by atoms with E-state index >= 15 is 0 Å². The van der Waals surface area contributed by atoms with E-state index in [1.807, 2.05) is 41.1 Å². The average Bonchev–Trinajstić information content (AvgIpc) is 2.97. The van der Waals surface area contributed by atoms with Crippen molar-refractivity contribution in [2.75, 3.05) is 12.4 Å². The van der Waals surface area contributed by atoms with Gasteiger partial charge in [0.25, 0.3) is 0 Å². The summed E-state index contributed by atoms with van der Waals surface area (Å²) in [7, 11) is 1.62. The van der Waals surface area contributed by atoms with E-state index in [0.717, 1.165) is 16.7 Å². The van der Waals surface area contributed by atoms with E-state index in [1.54, 1.807) is 25.3 Å². The number of halogens is 1. The van der Waals surface area contributed by atoms with Crippen LogP contribution in [0.2, 0.25) is 5.02 Å². The van der Waals surface area contributed by atoms with Crippen LogP contribution in [0.3, 0.4) is 0 Å². The van der Waals surface area contributed by atoms with Gasteiger partial charge in [-0.05, 0) is 42.5 Å². The molecule has 0 bridgehead atoms. The van der Waals surface area contributed by atoms with Gasteiger partial charge in [-0.2, -0.15) is 5.26 Å². The molecule has 0 saturated heterocycles. The summed E-state index contributed by atoms with van der Waals surface area (Å²) < 4.78 is 7.05. The van der Waals surface area contributed by atoms with Crippen molar-refractivity contribution in [2.45, 2.75) is 6.54 Å². The van der Waals surface area contributed by atoms with Gasteiger partial charge in [0.1, 0.15) is 18.4 Å². The second kappa shape index (κ2) is 6.65. The number of anilines is 1. The molecule has 0 spiro atoms. The number of nitrogens with zero attached hydrogens (tertiary/aromatic N) is 2. The average molecular weight is 340 g/mol. The lowest BCUT2D eigenvalue weighted by Crippen LogP contribution is -2.18. The van der Waals surface area contributed by atoms with E-state index in [2.05, 4.69) is 5.32 Å². The molecule has 0 fully saturated rings. The van der Waals surface area contributed by atoms with E-state index in [4.69, 9.17) is 21.6 Å². The van der Waals surface area contributed by atoms with Crippen LogP contribution in [0.25, 0.3) is 10.9 Å². The zero-order chi connectivity index (χ0) is 17.1. The second-order valence-electron chi connectivity index (χ2n) is 5.22. The number of benzene rings is 2. The number of nitriles is 1. The third kappa shape index (κ3) is 3.19. The van der Waals surface area contributed by atoms with E-state index < -0.39 is 0 Å². The van der Waals surface area contributed by atoms with Crippen molar-refractivity contribution in [3.05, 3.63) is 59.2 Å². The Labute approximate surface area is 144 Å². The zero-order valence-corrected chi connectivity index (χ0v) is 13.7. The number of carbonyl (C=O) groups excluding carboxylic acids is 1. The van der Waals surface area contributed by atoms with Gasteiger partial charge in [0.05, 0.1) is 17.7 Å². The summed E-state index contributed by atoms with van der Waals surface area (Å²) in [4.78, 5) is 12.2. The SMILES string of the molecule is COc1ccc2c(ccn2CC(=O)Nc2ccc(C#N)c(Cl)c2)c1. The summed E-state index contributed by atoms with van der Waals surface area (Å²) >= 11 is 5.97. The first kappa shape index (κ1) is 15.9. The number of nitrogens with one attached hydrogen (secondary N) is 1. The number of rotatable bonds is 4. The summed E-state index contributed by atoms with van der Waals surface area (Å²) in [6, 6.07) is 14.4. The zero-order valence-electron chi connectivity index (χ0n) is 12.9. The van der Waals surface area contributed by atoms with Crippen molar-refractivity contribution in [1.29, 1.82) is 5.26 Å². The fourth-order valence-corrected chi connectivity index (χ4v) is 2.70. The molecule has 0 aliphatic rings. The van der Waals surface area contributed by atoms with Crippen LogP contribution in [-0.2, 0) is 11.3 Å². The summed E-state index contributed by atoms with van der Waals surface area (Å²) in [5, 5.41) is 13.0. The Balaban J connectivity index is 1.75. The molecule has 0 saturated carbocycles. The standard InChI is InChI=1S/C18H14ClN3O2/c1-24-15-4-5-17-12(8-15)6-7-22(17)11-18(23)21-14-3-2-13(10-20)16(19)9-14/h2-9H,11H2,1H3,(H,21,23). The number of carbonyl (C=O) groups is 1. The van der Waals surface area contributed by atoms with Crippen LogP contribution >= 0.6 is 11.6 Å².